The molecule has 0 atom stereocenters. The van der Waals surface area contributed by atoms with Crippen LogP contribution in [0.3, 0.4) is 0 Å². The molecule has 0 spiro atoms. The van der Waals surface area contributed by atoms with Crippen molar-refractivity contribution in [3.8, 4) is 0 Å². The lowest BCUT2D eigenvalue weighted by atomic mass is 10.2. The summed E-state index contributed by atoms with van der Waals surface area (Å²) in [6, 6.07) is 3.79. The maximum absolute atomic E-state index is 12.7. The topological polar surface area (TPSA) is 54.5 Å². The van der Waals surface area contributed by atoms with E-state index in [1.807, 2.05) is 0 Å². The molecule has 2 rings (SSSR count). The molecule has 1 amide bonds. The van der Waals surface area contributed by atoms with Gasteiger partial charge in [0.15, 0.2) is 0 Å². The Morgan fingerprint density at radius 2 is 2.07 bits per heavy atom. The van der Waals surface area contributed by atoms with Crippen LogP contribution in [0.2, 0.25) is 0 Å². The van der Waals surface area contributed by atoms with Gasteiger partial charge in [-0.15, -0.1) is 3.89 Å². The van der Waals surface area contributed by atoms with Crippen LogP contribution in [0, 0.1) is 0 Å². The molecule has 0 fully saturated rings. The van der Waals surface area contributed by atoms with Crippen LogP contribution in [0.4, 0.5) is 9.57 Å². The third-order valence-corrected chi connectivity index (χ3v) is 3.23. The van der Waals surface area contributed by atoms with Gasteiger partial charge in [0.05, 0.1) is 11.3 Å². The average Bonchev–Trinajstić information content (AvgIpc) is 2.41. The molecule has 0 aromatic heterocycles. The maximum atomic E-state index is 12.7. The first-order valence-electron chi connectivity index (χ1n) is 4.24. The Morgan fingerprint density at radius 1 is 1.40 bits per heavy atom. The van der Waals surface area contributed by atoms with E-state index >= 15 is 0 Å². The largest absolute Gasteiger partial charge is 0.332 e. The average molecular weight is 229 g/mol. The van der Waals surface area contributed by atoms with Crippen LogP contribution in [0.25, 0.3) is 0 Å². The van der Waals surface area contributed by atoms with Crippen LogP contribution in [0.1, 0.15) is 5.56 Å². The summed E-state index contributed by atoms with van der Waals surface area (Å²) in [5, 5.41) is 0. The number of likely N-dealkylation sites (N-methyl/N-ethyl adjacent to an activating group) is 1. The normalized spacial score (nSPS) is 15.6. The fourth-order valence-electron chi connectivity index (χ4n) is 1.60. The van der Waals surface area contributed by atoms with Gasteiger partial charge in [-0.25, -0.2) is 0 Å². The van der Waals surface area contributed by atoms with Crippen molar-refractivity contribution in [1.82, 2.24) is 0 Å². The zero-order chi connectivity index (χ0) is 11.2. The van der Waals surface area contributed by atoms with E-state index in [0.717, 1.165) is 6.07 Å². The second-order valence-electron chi connectivity index (χ2n) is 3.36. The summed E-state index contributed by atoms with van der Waals surface area (Å²) in [6.07, 6.45) is 0.120. The first kappa shape index (κ1) is 10.1. The first-order valence-corrected chi connectivity index (χ1v) is 5.62. The number of hydrogen-bond donors (Lipinski definition) is 0. The Balaban J connectivity index is 2.56. The summed E-state index contributed by atoms with van der Waals surface area (Å²) in [4.78, 5) is 12.3. The van der Waals surface area contributed by atoms with Crippen molar-refractivity contribution in [3.63, 3.8) is 0 Å². The van der Waals surface area contributed by atoms with Gasteiger partial charge in [0, 0.05) is 12.7 Å². The number of halogens is 1. The Bertz CT molecular complexity index is 538. The van der Waals surface area contributed by atoms with Crippen molar-refractivity contribution in [2.24, 2.45) is 0 Å². The fourth-order valence-corrected chi connectivity index (χ4v) is 2.11. The molecule has 1 heterocycles. The number of carbonyl (C=O) groups excluding carboxylic acids is 1. The van der Waals surface area contributed by atoms with Crippen molar-refractivity contribution < 1.29 is 17.1 Å². The minimum absolute atomic E-state index is 0.120. The van der Waals surface area contributed by atoms with Crippen LogP contribution >= 0.6 is 0 Å². The van der Waals surface area contributed by atoms with E-state index < -0.39 is 15.1 Å². The van der Waals surface area contributed by atoms with E-state index in [9.17, 15) is 17.1 Å². The molecule has 6 heteroatoms. The molecule has 0 aliphatic carbocycles. The lowest BCUT2D eigenvalue weighted by molar-refractivity contribution is -0.117. The van der Waals surface area contributed by atoms with Gasteiger partial charge in [0.2, 0.25) is 5.91 Å². The molecule has 1 aliphatic heterocycles. The lowest BCUT2D eigenvalue weighted by Gasteiger charge is -2.09. The molecule has 0 saturated carbocycles. The van der Waals surface area contributed by atoms with Crippen molar-refractivity contribution in [2.75, 3.05) is 11.9 Å². The molecule has 0 N–H and O–H groups in total. The zero-order valence-electron chi connectivity index (χ0n) is 7.90. The van der Waals surface area contributed by atoms with Crippen LogP contribution < -0.4 is 4.90 Å². The number of rotatable bonds is 1. The quantitative estimate of drug-likeness (QED) is 0.671. The first-order chi connectivity index (χ1) is 6.89. The number of benzene rings is 1. The minimum Gasteiger partial charge on any atom is -0.315 e. The van der Waals surface area contributed by atoms with Gasteiger partial charge >= 0.3 is 10.2 Å². The number of fused-ring (bicyclic) bond motifs is 1. The van der Waals surface area contributed by atoms with E-state index in [-0.39, 0.29) is 12.3 Å². The Labute approximate surface area is 86.5 Å². The van der Waals surface area contributed by atoms with Gasteiger partial charge in [-0.1, -0.05) is 0 Å². The summed E-state index contributed by atoms with van der Waals surface area (Å²) in [7, 11) is -3.09. The molecular weight excluding hydrogens is 221 g/mol. The Morgan fingerprint density at radius 3 is 2.67 bits per heavy atom. The highest BCUT2D eigenvalue weighted by Gasteiger charge is 2.25. The van der Waals surface area contributed by atoms with Gasteiger partial charge in [-0.2, -0.15) is 8.42 Å². The molecule has 80 valence electrons. The monoisotopic (exact) mass is 229 g/mol. The number of nitrogens with zero attached hydrogens (tertiary/aromatic N) is 1. The number of hydrogen-bond acceptors (Lipinski definition) is 3. The summed E-state index contributed by atoms with van der Waals surface area (Å²) in [5.74, 6) is -0.126. The van der Waals surface area contributed by atoms with Crippen molar-refractivity contribution in [1.29, 1.82) is 0 Å². The third-order valence-electron chi connectivity index (χ3n) is 2.41. The van der Waals surface area contributed by atoms with E-state index in [2.05, 4.69) is 0 Å². The second-order valence-corrected chi connectivity index (χ2v) is 4.70. The highest BCUT2D eigenvalue weighted by Crippen LogP contribution is 2.30. The minimum atomic E-state index is -4.69. The maximum Gasteiger partial charge on any atom is 0.332 e. The third kappa shape index (κ3) is 1.61. The van der Waals surface area contributed by atoms with E-state index in [4.69, 9.17) is 0 Å². The molecule has 1 aromatic carbocycles. The molecule has 4 nitrogen and oxygen atoms in total. The lowest BCUT2D eigenvalue weighted by Crippen LogP contribution is -2.20. The molecule has 0 saturated heterocycles. The summed E-state index contributed by atoms with van der Waals surface area (Å²) in [5.41, 5.74) is 1.17. The van der Waals surface area contributed by atoms with Crippen molar-refractivity contribution >= 4 is 21.8 Å². The molecule has 1 aromatic rings. The molecule has 15 heavy (non-hydrogen) atoms. The molecule has 0 bridgehead atoms. The highest BCUT2D eigenvalue weighted by molar-refractivity contribution is 7.86. The number of anilines is 1. The smallest absolute Gasteiger partial charge is 0.315 e. The number of carbonyl (C=O) groups is 1. The van der Waals surface area contributed by atoms with Gasteiger partial charge in [-0.3, -0.25) is 4.79 Å². The van der Waals surface area contributed by atoms with Crippen LogP contribution in [0.15, 0.2) is 23.1 Å². The van der Waals surface area contributed by atoms with Gasteiger partial charge in [-0.05, 0) is 23.8 Å². The van der Waals surface area contributed by atoms with E-state index in [1.54, 1.807) is 7.05 Å². The predicted octanol–water partition coefficient (Wildman–Crippen LogP) is 0.864. The summed E-state index contributed by atoms with van der Waals surface area (Å²) >= 11 is 0. The van der Waals surface area contributed by atoms with Gasteiger partial charge in [0.1, 0.15) is 0 Å². The zero-order valence-corrected chi connectivity index (χ0v) is 8.71. The fraction of sp³-hybridized carbons (Fsp3) is 0.222. The van der Waals surface area contributed by atoms with Crippen LogP contribution in [-0.4, -0.2) is 21.4 Å². The molecule has 0 unspecified atom stereocenters. The van der Waals surface area contributed by atoms with Crippen LogP contribution in [-0.2, 0) is 21.4 Å². The summed E-state index contributed by atoms with van der Waals surface area (Å²) in [6.45, 7) is 0. The molecular formula is C9H8FNO3S. The SMILES string of the molecule is CN1C(=O)Cc2cc(S(=O)(=O)F)ccc21. The Hall–Kier alpha value is -1.43. The van der Waals surface area contributed by atoms with Gasteiger partial charge < -0.3 is 4.90 Å². The van der Waals surface area contributed by atoms with Crippen molar-refractivity contribution in [3.05, 3.63) is 23.8 Å². The molecule has 0 radical (unpaired) electrons. The van der Waals surface area contributed by atoms with Gasteiger partial charge in [0.25, 0.3) is 0 Å². The second kappa shape index (κ2) is 3.03. The highest BCUT2D eigenvalue weighted by atomic mass is 32.3. The summed E-state index contributed by atoms with van der Waals surface area (Å²) < 4.78 is 33.9. The van der Waals surface area contributed by atoms with Crippen molar-refractivity contribution in [2.45, 2.75) is 11.3 Å². The molecule has 1 aliphatic rings. The van der Waals surface area contributed by atoms with E-state index in [0.29, 0.717) is 11.3 Å². The standard InChI is InChI=1S/C9H8FNO3S/c1-11-8-3-2-7(15(10,13)14)4-6(8)5-9(11)12/h2-4H,5H2,1H3. The Kier molecular flexibility index (Phi) is 2.04. The van der Waals surface area contributed by atoms with Crippen LogP contribution in [0.5, 0.6) is 0 Å². The number of amides is 1. The predicted molar refractivity (Wildman–Crippen MR) is 51.8 cm³/mol. The van der Waals surface area contributed by atoms with E-state index in [1.165, 1.54) is 17.0 Å².